The largest absolute Gasteiger partial charge is 0.326 e. The second-order valence-corrected chi connectivity index (χ2v) is 7.70. The Labute approximate surface area is 188 Å². The summed E-state index contributed by atoms with van der Waals surface area (Å²) >= 11 is 0. The molecular formula is C27H38N2O2. The molecule has 4 nitrogen and oxygen atoms in total. The van der Waals surface area contributed by atoms with Gasteiger partial charge in [0.1, 0.15) is 0 Å². The molecule has 1 unspecified atom stereocenters. The molecule has 1 aliphatic rings. The number of fused-ring (bicyclic) bond motifs is 1. The zero-order valence-electron chi connectivity index (χ0n) is 18.9. The molecule has 168 valence electrons. The third kappa shape index (κ3) is 6.55. The molecule has 0 aliphatic carbocycles. The maximum Gasteiger partial charge on any atom is 0.230 e. The lowest BCUT2D eigenvalue weighted by molar-refractivity contribution is -0.126. The van der Waals surface area contributed by atoms with Gasteiger partial charge in [0.25, 0.3) is 0 Å². The van der Waals surface area contributed by atoms with Crippen molar-refractivity contribution in [2.24, 2.45) is 5.92 Å². The summed E-state index contributed by atoms with van der Waals surface area (Å²) in [6.07, 6.45) is 2.10. The SMILES string of the molecule is C.C=C(C)c1ccccc1NC(=O)CC(C)C(=O)N1CCCc2cc(C)ccc21.CC. The van der Waals surface area contributed by atoms with E-state index in [2.05, 4.69) is 24.9 Å². The Morgan fingerprint density at radius 1 is 1.16 bits per heavy atom. The van der Waals surface area contributed by atoms with Crippen molar-refractivity contribution in [3.63, 3.8) is 0 Å². The van der Waals surface area contributed by atoms with Crippen LogP contribution in [0.3, 0.4) is 0 Å². The predicted octanol–water partition coefficient (Wildman–Crippen LogP) is 6.63. The zero-order chi connectivity index (χ0) is 22.3. The monoisotopic (exact) mass is 422 g/mol. The molecule has 1 atom stereocenters. The van der Waals surface area contributed by atoms with E-state index in [1.54, 1.807) is 0 Å². The molecule has 0 radical (unpaired) electrons. The number of para-hydroxylation sites is 1. The smallest absolute Gasteiger partial charge is 0.230 e. The van der Waals surface area contributed by atoms with E-state index in [4.69, 9.17) is 0 Å². The summed E-state index contributed by atoms with van der Waals surface area (Å²) in [4.78, 5) is 27.4. The van der Waals surface area contributed by atoms with E-state index < -0.39 is 0 Å². The number of nitrogens with one attached hydrogen (secondary N) is 1. The van der Waals surface area contributed by atoms with Crippen molar-refractivity contribution in [2.45, 2.75) is 61.3 Å². The zero-order valence-corrected chi connectivity index (χ0v) is 18.9. The van der Waals surface area contributed by atoms with Crippen molar-refractivity contribution in [3.8, 4) is 0 Å². The van der Waals surface area contributed by atoms with Crippen LogP contribution in [-0.4, -0.2) is 18.4 Å². The topological polar surface area (TPSA) is 49.4 Å². The lowest BCUT2D eigenvalue weighted by Gasteiger charge is -2.31. The van der Waals surface area contributed by atoms with Gasteiger partial charge in [-0.2, -0.15) is 0 Å². The van der Waals surface area contributed by atoms with Gasteiger partial charge in [0.15, 0.2) is 0 Å². The quantitative estimate of drug-likeness (QED) is 0.587. The van der Waals surface area contributed by atoms with Crippen molar-refractivity contribution >= 4 is 28.8 Å². The van der Waals surface area contributed by atoms with Crippen molar-refractivity contribution in [1.82, 2.24) is 0 Å². The highest BCUT2D eigenvalue weighted by Crippen LogP contribution is 2.30. The molecule has 4 heteroatoms. The van der Waals surface area contributed by atoms with Gasteiger partial charge in [0.2, 0.25) is 11.8 Å². The number of hydrogen-bond donors (Lipinski definition) is 1. The molecule has 31 heavy (non-hydrogen) atoms. The first-order chi connectivity index (χ1) is 14.4. The maximum absolute atomic E-state index is 13.0. The molecule has 0 spiro atoms. The molecule has 2 aromatic rings. The van der Waals surface area contributed by atoms with E-state index in [1.807, 2.05) is 69.0 Å². The third-order valence-electron chi connectivity index (χ3n) is 5.19. The van der Waals surface area contributed by atoms with Crippen molar-refractivity contribution in [2.75, 3.05) is 16.8 Å². The Morgan fingerprint density at radius 2 is 1.84 bits per heavy atom. The summed E-state index contributed by atoms with van der Waals surface area (Å²) in [6, 6.07) is 13.8. The van der Waals surface area contributed by atoms with E-state index in [1.165, 1.54) is 11.1 Å². The summed E-state index contributed by atoms with van der Waals surface area (Å²) in [5.41, 5.74) is 5.94. The standard InChI is InChI=1S/C24H28N2O2.C2H6.CH4/c1-16(2)20-9-5-6-10-21(20)25-23(27)15-18(4)24(28)26-13-7-8-19-14-17(3)11-12-22(19)26;1-2;/h5-6,9-12,14,18H,1,7-8,13,15H2,2-4H3,(H,25,27);1-2H3;1H4. The van der Waals surface area contributed by atoms with E-state index in [0.29, 0.717) is 6.54 Å². The Kier molecular flexibility index (Phi) is 10.2. The Balaban J connectivity index is 0.00000156. The van der Waals surface area contributed by atoms with Crippen LogP contribution in [0.1, 0.15) is 64.7 Å². The first-order valence-electron chi connectivity index (χ1n) is 10.8. The number of nitrogens with zero attached hydrogens (tertiary/aromatic N) is 1. The summed E-state index contributed by atoms with van der Waals surface area (Å²) in [6.45, 7) is 14.5. The first kappa shape index (κ1) is 26.2. The van der Waals surface area contributed by atoms with Crippen LogP contribution < -0.4 is 10.2 Å². The fourth-order valence-corrected chi connectivity index (χ4v) is 3.75. The number of allylic oxidation sites excluding steroid dienone is 1. The van der Waals surface area contributed by atoms with Gasteiger partial charge in [-0.25, -0.2) is 0 Å². The van der Waals surface area contributed by atoms with Crippen molar-refractivity contribution in [3.05, 3.63) is 65.7 Å². The minimum Gasteiger partial charge on any atom is -0.326 e. The third-order valence-corrected chi connectivity index (χ3v) is 5.19. The average Bonchev–Trinajstić information content (AvgIpc) is 2.74. The lowest BCUT2D eigenvalue weighted by Crippen LogP contribution is -2.40. The molecular weight excluding hydrogens is 384 g/mol. The van der Waals surface area contributed by atoms with Gasteiger partial charge in [0, 0.05) is 35.8 Å². The Hall–Kier alpha value is -2.88. The van der Waals surface area contributed by atoms with E-state index in [0.717, 1.165) is 35.4 Å². The van der Waals surface area contributed by atoms with E-state index in [-0.39, 0.29) is 31.6 Å². The van der Waals surface area contributed by atoms with Crippen LogP contribution in [0.4, 0.5) is 11.4 Å². The molecule has 0 saturated heterocycles. The second-order valence-electron chi connectivity index (χ2n) is 7.70. The number of carbonyl (C=O) groups is 2. The molecule has 0 bridgehead atoms. The Morgan fingerprint density at radius 3 is 2.52 bits per heavy atom. The van der Waals surface area contributed by atoms with Gasteiger partial charge in [-0.15, -0.1) is 0 Å². The lowest BCUT2D eigenvalue weighted by atomic mass is 9.97. The minimum absolute atomic E-state index is 0. The van der Waals surface area contributed by atoms with E-state index in [9.17, 15) is 9.59 Å². The van der Waals surface area contributed by atoms with Crippen LogP contribution in [0, 0.1) is 12.8 Å². The molecule has 2 amide bonds. The van der Waals surface area contributed by atoms with Gasteiger partial charge in [-0.1, -0.05) is 70.7 Å². The number of carbonyl (C=O) groups excluding carboxylic acids is 2. The molecule has 0 saturated carbocycles. The molecule has 2 aromatic carbocycles. The highest BCUT2D eigenvalue weighted by molar-refractivity contribution is 6.00. The van der Waals surface area contributed by atoms with Gasteiger partial charge in [-0.05, 0) is 50.0 Å². The molecule has 1 heterocycles. The maximum atomic E-state index is 13.0. The fraction of sp³-hybridized carbons (Fsp3) is 0.407. The summed E-state index contributed by atoms with van der Waals surface area (Å²) in [5, 5.41) is 2.94. The summed E-state index contributed by atoms with van der Waals surface area (Å²) in [5.74, 6) is -0.534. The number of hydrogen-bond acceptors (Lipinski definition) is 2. The summed E-state index contributed by atoms with van der Waals surface area (Å²) in [7, 11) is 0. The van der Waals surface area contributed by atoms with Crippen LogP contribution >= 0.6 is 0 Å². The van der Waals surface area contributed by atoms with Crippen LogP contribution in [-0.2, 0) is 16.0 Å². The number of aryl methyl sites for hydroxylation is 2. The molecule has 1 aliphatic heterocycles. The fourth-order valence-electron chi connectivity index (χ4n) is 3.75. The predicted molar refractivity (Wildman–Crippen MR) is 133 cm³/mol. The van der Waals surface area contributed by atoms with Crippen molar-refractivity contribution in [1.29, 1.82) is 0 Å². The van der Waals surface area contributed by atoms with Gasteiger partial charge in [0.05, 0.1) is 0 Å². The first-order valence-corrected chi connectivity index (χ1v) is 10.8. The molecule has 0 aromatic heterocycles. The number of anilines is 2. The van der Waals surface area contributed by atoms with Crippen molar-refractivity contribution < 1.29 is 9.59 Å². The van der Waals surface area contributed by atoms with Gasteiger partial charge < -0.3 is 10.2 Å². The minimum atomic E-state index is -0.385. The molecule has 3 rings (SSSR count). The van der Waals surface area contributed by atoms with Gasteiger partial charge >= 0.3 is 0 Å². The van der Waals surface area contributed by atoms with Crippen LogP contribution in [0.2, 0.25) is 0 Å². The van der Waals surface area contributed by atoms with E-state index >= 15 is 0 Å². The molecule has 0 fully saturated rings. The number of benzene rings is 2. The van der Waals surface area contributed by atoms with Crippen LogP contribution in [0.5, 0.6) is 0 Å². The highest BCUT2D eigenvalue weighted by atomic mass is 16.2. The molecule has 1 N–H and O–H groups in total. The van der Waals surface area contributed by atoms with Gasteiger partial charge in [-0.3, -0.25) is 9.59 Å². The van der Waals surface area contributed by atoms with Crippen LogP contribution in [0.15, 0.2) is 49.0 Å². The summed E-state index contributed by atoms with van der Waals surface area (Å²) < 4.78 is 0. The number of amides is 2. The number of rotatable bonds is 5. The second kappa shape index (κ2) is 12.1. The Bertz CT molecular complexity index is 917. The highest BCUT2D eigenvalue weighted by Gasteiger charge is 2.27. The normalized spacial score (nSPS) is 13.0. The van der Waals surface area contributed by atoms with Crippen LogP contribution in [0.25, 0.3) is 5.57 Å². The average molecular weight is 423 g/mol.